The lowest BCUT2D eigenvalue weighted by Crippen LogP contribution is -2.15. The van der Waals surface area contributed by atoms with Gasteiger partial charge in [-0.1, -0.05) is 0 Å². The first-order valence-electron chi connectivity index (χ1n) is 4.94. The number of carbonyl (C=O) groups excluding carboxylic acids is 1. The Kier molecular flexibility index (Phi) is 4.58. The van der Waals surface area contributed by atoms with Crippen LogP contribution < -0.4 is 15.4 Å². The molecule has 0 aliphatic heterocycles. The molecule has 1 amide bonds. The summed E-state index contributed by atoms with van der Waals surface area (Å²) in [7, 11) is 3.19. The van der Waals surface area contributed by atoms with E-state index in [1.54, 1.807) is 38.4 Å². The third-order valence-electron chi connectivity index (χ3n) is 2.00. The average Bonchev–Trinajstić information content (AvgIpc) is 2.36. The Morgan fingerprint density at radius 1 is 1.41 bits per heavy atom. The first-order chi connectivity index (χ1) is 8.21. The van der Waals surface area contributed by atoms with Crippen LogP contribution in [0.4, 0.5) is 5.69 Å². The summed E-state index contributed by atoms with van der Waals surface area (Å²) in [4.78, 5) is 11.6. The van der Waals surface area contributed by atoms with Crippen LogP contribution in [-0.2, 0) is 4.79 Å². The number of anilines is 1. The van der Waals surface area contributed by atoms with Crippen molar-refractivity contribution in [2.75, 3.05) is 19.5 Å². The third-order valence-corrected chi connectivity index (χ3v) is 2.00. The minimum absolute atomic E-state index is 0.0170. The van der Waals surface area contributed by atoms with Crippen molar-refractivity contribution >= 4 is 11.6 Å². The molecule has 0 saturated carbocycles. The Hall–Kier alpha value is -2.48. The summed E-state index contributed by atoms with van der Waals surface area (Å²) < 4.78 is 4.99. The number of nitrogens with zero attached hydrogens (tertiary/aromatic N) is 1. The summed E-state index contributed by atoms with van der Waals surface area (Å²) in [6.45, 7) is 0. The molecule has 0 unspecified atom stereocenters. The van der Waals surface area contributed by atoms with Gasteiger partial charge in [0, 0.05) is 18.9 Å². The molecular weight excluding hydrogens is 218 g/mol. The van der Waals surface area contributed by atoms with Gasteiger partial charge < -0.3 is 15.4 Å². The maximum Gasteiger partial charge on any atom is 0.267 e. The number of ether oxygens (including phenoxy) is 1. The Morgan fingerprint density at radius 2 is 2.06 bits per heavy atom. The zero-order chi connectivity index (χ0) is 12.7. The van der Waals surface area contributed by atoms with Gasteiger partial charge >= 0.3 is 0 Å². The lowest BCUT2D eigenvalue weighted by Gasteiger charge is -2.05. The monoisotopic (exact) mass is 231 g/mol. The van der Waals surface area contributed by atoms with Gasteiger partial charge in [0.15, 0.2) is 0 Å². The maximum absolute atomic E-state index is 11.6. The number of amides is 1. The SMILES string of the molecule is CN/C=C(/C#N)C(=O)Nc1ccc(OC)cc1. The van der Waals surface area contributed by atoms with Crippen molar-refractivity contribution in [1.29, 1.82) is 5.26 Å². The van der Waals surface area contributed by atoms with Crippen LogP contribution in [0.3, 0.4) is 0 Å². The largest absolute Gasteiger partial charge is 0.497 e. The highest BCUT2D eigenvalue weighted by Crippen LogP contribution is 2.15. The van der Waals surface area contributed by atoms with Crippen molar-refractivity contribution in [2.24, 2.45) is 0 Å². The molecule has 0 bridgehead atoms. The Labute approximate surface area is 99.7 Å². The molecule has 0 fully saturated rings. The summed E-state index contributed by atoms with van der Waals surface area (Å²) in [5, 5.41) is 14.0. The van der Waals surface area contributed by atoms with Gasteiger partial charge in [0.1, 0.15) is 17.4 Å². The first-order valence-corrected chi connectivity index (χ1v) is 4.94. The first kappa shape index (κ1) is 12.6. The van der Waals surface area contributed by atoms with E-state index >= 15 is 0 Å². The minimum Gasteiger partial charge on any atom is -0.497 e. The smallest absolute Gasteiger partial charge is 0.267 e. The highest BCUT2D eigenvalue weighted by molar-refractivity contribution is 6.06. The van der Waals surface area contributed by atoms with Crippen LogP contribution in [0.2, 0.25) is 0 Å². The van der Waals surface area contributed by atoms with Gasteiger partial charge in [-0.25, -0.2) is 0 Å². The number of rotatable bonds is 4. The molecule has 2 N–H and O–H groups in total. The molecule has 0 saturated heterocycles. The van der Waals surface area contributed by atoms with Crippen molar-refractivity contribution in [3.8, 4) is 11.8 Å². The number of methoxy groups -OCH3 is 1. The zero-order valence-electron chi connectivity index (χ0n) is 9.65. The van der Waals surface area contributed by atoms with Crippen LogP contribution in [0.5, 0.6) is 5.75 Å². The number of hydrogen-bond acceptors (Lipinski definition) is 4. The normalized spacial score (nSPS) is 10.3. The number of nitrogens with one attached hydrogen (secondary N) is 2. The van der Waals surface area contributed by atoms with Gasteiger partial charge in [0.2, 0.25) is 0 Å². The fourth-order valence-electron chi connectivity index (χ4n) is 1.17. The Bertz CT molecular complexity index is 458. The molecule has 0 spiro atoms. The zero-order valence-corrected chi connectivity index (χ0v) is 9.65. The van der Waals surface area contributed by atoms with Gasteiger partial charge in [-0.3, -0.25) is 4.79 Å². The second kappa shape index (κ2) is 6.18. The Balaban J connectivity index is 2.74. The lowest BCUT2D eigenvalue weighted by molar-refractivity contribution is -0.112. The molecule has 0 aliphatic carbocycles. The van der Waals surface area contributed by atoms with E-state index in [4.69, 9.17) is 10.00 Å². The second-order valence-electron chi connectivity index (χ2n) is 3.14. The predicted octanol–water partition coefficient (Wildman–Crippen LogP) is 1.26. The van der Waals surface area contributed by atoms with Crippen LogP contribution in [0.15, 0.2) is 36.0 Å². The van der Waals surface area contributed by atoms with E-state index < -0.39 is 5.91 Å². The van der Waals surface area contributed by atoms with Gasteiger partial charge in [-0.05, 0) is 24.3 Å². The number of benzene rings is 1. The van der Waals surface area contributed by atoms with E-state index in [1.807, 2.05) is 6.07 Å². The van der Waals surface area contributed by atoms with Crippen LogP contribution in [0.25, 0.3) is 0 Å². The highest BCUT2D eigenvalue weighted by atomic mass is 16.5. The molecule has 17 heavy (non-hydrogen) atoms. The predicted molar refractivity (Wildman–Crippen MR) is 64.4 cm³/mol. The summed E-state index contributed by atoms with van der Waals surface area (Å²) in [5.74, 6) is 0.251. The fourth-order valence-corrected chi connectivity index (χ4v) is 1.17. The van der Waals surface area contributed by atoms with Crippen molar-refractivity contribution in [3.63, 3.8) is 0 Å². The molecule has 0 aromatic heterocycles. The maximum atomic E-state index is 11.6. The van der Waals surface area contributed by atoms with E-state index in [0.717, 1.165) is 0 Å². The van der Waals surface area contributed by atoms with Gasteiger partial charge in [-0.15, -0.1) is 0 Å². The molecule has 1 aromatic carbocycles. The van der Waals surface area contributed by atoms with Crippen LogP contribution in [0, 0.1) is 11.3 Å². The second-order valence-corrected chi connectivity index (χ2v) is 3.14. The average molecular weight is 231 g/mol. The molecular formula is C12H13N3O2. The standard InChI is InChI=1S/C12H13N3O2/c1-14-8-9(7-13)12(16)15-10-3-5-11(17-2)6-4-10/h3-6,8,14H,1-2H3,(H,15,16)/b9-8-. The van der Waals surface area contributed by atoms with Crippen molar-refractivity contribution in [2.45, 2.75) is 0 Å². The van der Waals surface area contributed by atoms with E-state index in [0.29, 0.717) is 11.4 Å². The summed E-state index contributed by atoms with van der Waals surface area (Å²) in [5.41, 5.74) is 0.622. The van der Waals surface area contributed by atoms with Crippen molar-refractivity contribution in [1.82, 2.24) is 5.32 Å². The van der Waals surface area contributed by atoms with Crippen LogP contribution >= 0.6 is 0 Å². The summed E-state index contributed by atoms with van der Waals surface area (Å²) in [6.07, 6.45) is 1.35. The quantitative estimate of drug-likeness (QED) is 0.604. The molecule has 5 nitrogen and oxygen atoms in total. The van der Waals surface area contributed by atoms with E-state index in [9.17, 15) is 4.79 Å². The molecule has 0 radical (unpaired) electrons. The lowest BCUT2D eigenvalue weighted by atomic mass is 10.2. The van der Waals surface area contributed by atoms with Gasteiger partial charge in [-0.2, -0.15) is 5.26 Å². The molecule has 1 rings (SSSR count). The van der Waals surface area contributed by atoms with E-state index in [-0.39, 0.29) is 5.57 Å². The fraction of sp³-hybridized carbons (Fsp3) is 0.167. The van der Waals surface area contributed by atoms with Crippen molar-refractivity contribution < 1.29 is 9.53 Å². The molecule has 0 atom stereocenters. The number of hydrogen-bond donors (Lipinski definition) is 2. The minimum atomic E-state index is -0.452. The number of nitriles is 1. The third kappa shape index (κ3) is 3.54. The molecule has 1 aromatic rings. The number of carbonyl (C=O) groups is 1. The summed E-state index contributed by atoms with van der Waals surface area (Å²) in [6, 6.07) is 8.66. The molecule has 0 aliphatic rings. The van der Waals surface area contributed by atoms with Crippen LogP contribution in [-0.4, -0.2) is 20.1 Å². The summed E-state index contributed by atoms with van der Waals surface area (Å²) >= 11 is 0. The van der Waals surface area contributed by atoms with E-state index in [2.05, 4.69) is 10.6 Å². The van der Waals surface area contributed by atoms with Gasteiger partial charge in [0.25, 0.3) is 5.91 Å². The van der Waals surface area contributed by atoms with Crippen molar-refractivity contribution in [3.05, 3.63) is 36.0 Å². The molecule has 0 heterocycles. The molecule has 88 valence electrons. The topological polar surface area (TPSA) is 74.2 Å². The Morgan fingerprint density at radius 3 is 2.53 bits per heavy atom. The van der Waals surface area contributed by atoms with Gasteiger partial charge in [0.05, 0.1) is 7.11 Å². The highest BCUT2D eigenvalue weighted by Gasteiger charge is 2.08. The van der Waals surface area contributed by atoms with E-state index in [1.165, 1.54) is 6.20 Å². The van der Waals surface area contributed by atoms with Crippen LogP contribution in [0.1, 0.15) is 0 Å². The molecule has 5 heteroatoms.